The first-order valence-corrected chi connectivity index (χ1v) is 12.9. The van der Waals surface area contributed by atoms with E-state index in [9.17, 15) is 4.79 Å². The number of thiocarbonyl (C=S) groups is 1. The predicted molar refractivity (Wildman–Crippen MR) is 143 cm³/mol. The zero-order chi connectivity index (χ0) is 24.4. The number of nitrogens with zero attached hydrogens (tertiary/aromatic N) is 3. The van der Waals surface area contributed by atoms with Gasteiger partial charge in [-0.1, -0.05) is 43.5 Å². The van der Waals surface area contributed by atoms with Crippen molar-refractivity contribution >= 4 is 28.9 Å². The molecule has 1 aliphatic carbocycles. The third-order valence-electron chi connectivity index (χ3n) is 7.35. The summed E-state index contributed by atoms with van der Waals surface area (Å²) in [6.07, 6.45) is 8.17. The van der Waals surface area contributed by atoms with Crippen molar-refractivity contribution in [3.63, 3.8) is 0 Å². The van der Waals surface area contributed by atoms with Crippen molar-refractivity contribution in [2.45, 2.75) is 64.1 Å². The van der Waals surface area contributed by atoms with Gasteiger partial charge in [-0.2, -0.15) is 0 Å². The number of pyridine rings is 1. The monoisotopic (exact) mass is 487 g/mol. The zero-order valence-electron chi connectivity index (χ0n) is 20.4. The molecule has 2 unspecified atom stereocenters. The quantitative estimate of drug-likeness (QED) is 0.442. The van der Waals surface area contributed by atoms with Crippen molar-refractivity contribution in [1.29, 1.82) is 0 Å². The Morgan fingerprint density at radius 2 is 1.83 bits per heavy atom. The number of amides is 1. The van der Waals surface area contributed by atoms with Crippen LogP contribution >= 0.6 is 12.2 Å². The Kier molecular flexibility index (Phi) is 6.86. The second-order valence-electron chi connectivity index (χ2n) is 9.66. The van der Waals surface area contributed by atoms with E-state index in [1.807, 2.05) is 59.6 Å². The molecule has 1 amide bonds. The van der Waals surface area contributed by atoms with Crippen LogP contribution in [0, 0.1) is 13.8 Å². The molecule has 6 nitrogen and oxygen atoms in total. The Hall–Kier alpha value is -3.19. The van der Waals surface area contributed by atoms with Gasteiger partial charge in [0.05, 0.1) is 17.8 Å². The number of hydrogen-bond donors (Lipinski definition) is 2. The van der Waals surface area contributed by atoms with Crippen LogP contribution in [0.3, 0.4) is 0 Å². The maximum Gasteiger partial charge on any atom is 0.244 e. The average molecular weight is 488 g/mol. The Labute approximate surface area is 212 Å². The molecular weight excluding hydrogens is 454 g/mol. The Bertz CT molecular complexity index is 1190. The summed E-state index contributed by atoms with van der Waals surface area (Å²) in [5, 5.41) is 7.07. The molecule has 1 aliphatic heterocycles. The lowest BCUT2D eigenvalue weighted by molar-refractivity contribution is -0.116. The number of aryl methyl sites for hydroxylation is 1. The molecule has 2 N–H and O–H groups in total. The van der Waals surface area contributed by atoms with Gasteiger partial charge in [0.1, 0.15) is 6.54 Å². The van der Waals surface area contributed by atoms with Crippen LogP contribution < -0.4 is 10.6 Å². The van der Waals surface area contributed by atoms with E-state index in [0.717, 1.165) is 11.4 Å². The molecule has 3 heterocycles. The zero-order valence-corrected chi connectivity index (χ0v) is 21.2. The van der Waals surface area contributed by atoms with Crippen molar-refractivity contribution in [3.8, 4) is 0 Å². The molecule has 1 saturated carbocycles. The summed E-state index contributed by atoms with van der Waals surface area (Å²) in [5.41, 5.74) is 5.46. The van der Waals surface area contributed by atoms with Crippen molar-refractivity contribution in [2.75, 3.05) is 11.9 Å². The lowest BCUT2D eigenvalue weighted by Gasteiger charge is -2.29. The third-order valence-corrected chi connectivity index (χ3v) is 7.70. The highest BCUT2D eigenvalue weighted by Gasteiger charge is 2.42. The lowest BCUT2D eigenvalue weighted by Crippen LogP contribution is -2.37. The van der Waals surface area contributed by atoms with E-state index < -0.39 is 0 Å². The first kappa shape index (κ1) is 23.5. The van der Waals surface area contributed by atoms with Crippen molar-refractivity contribution in [2.24, 2.45) is 0 Å². The number of carbonyl (C=O) groups excluding carboxylic acids is 1. The van der Waals surface area contributed by atoms with Crippen LogP contribution in [-0.4, -0.2) is 32.0 Å². The number of nitrogens with one attached hydrogen (secondary N) is 2. The Morgan fingerprint density at radius 3 is 2.54 bits per heavy atom. The maximum atomic E-state index is 13.1. The van der Waals surface area contributed by atoms with Gasteiger partial charge in [0.15, 0.2) is 5.11 Å². The van der Waals surface area contributed by atoms with Gasteiger partial charge in [-0.05, 0) is 74.8 Å². The minimum Gasteiger partial charge on any atom is -0.352 e. The summed E-state index contributed by atoms with van der Waals surface area (Å²) in [5.74, 6) is -0.0897. The summed E-state index contributed by atoms with van der Waals surface area (Å²) in [4.78, 5) is 19.8. The van der Waals surface area contributed by atoms with Crippen molar-refractivity contribution < 1.29 is 4.79 Å². The summed E-state index contributed by atoms with van der Waals surface area (Å²) in [7, 11) is 0. The van der Waals surface area contributed by atoms with Crippen LogP contribution in [0.4, 0.5) is 5.69 Å². The minimum absolute atomic E-state index is 0.0897. The number of hydrogen-bond acceptors (Lipinski definition) is 3. The van der Waals surface area contributed by atoms with E-state index in [4.69, 9.17) is 12.2 Å². The second kappa shape index (κ2) is 10.2. The highest BCUT2D eigenvalue weighted by atomic mass is 32.1. The smallest absolute Gasteiger partial charge is 0.244 e. The van der Waals surface area contributed by atoms with E-state index in [1.165, 1.54) is 49.1 Å². The molecule has 0 spiro atoms. The first-order chi connectivity index (χ1) is 17.0. The number of aromatic nitrogens is 2. The van der Waals surface area contributed by atoms with E-state index in [-0.39, 0.29) is 24.5 Å². The molecule has 1 aromatic carbocycles. The van der Waals surface area contributed by atoms with Crippen LogP contribution in [0.2, 0.25) is 0 Å². The fourth-order valence-corrected chi connectivity index (χ4v) is 6.10. The molecule has 2 atom stereocenters. The van der Waals surface area contributed by atoms with E-state index in [2.05, 4.69) is 40.1 Å². The molecule has 0 bridgehead atoms. The molecule has 7 heteroatoms. The topological polar surface area (TPSA) is 62.2 Å². The normalized spacial score (nSPS) is 20.6. The van der Waals surface area contributed by atoms with Crippen molar-refractivity contribution in [3.05, 3.63) is 83.4 Å². The summed E-state index contributed by atoms with van der Waals surface area (Å²) in [6.45, 7) is 4.59. The van der Waals surface area contributed by atoms with Gasteiger partial charge in [-0.3, -0.25) is 9.78 Å². The Morgan fingerprint density at radius 1 is 1.09 bits per heavy atom. The molecule has 2 aliphatic rings. The molecule has 2 aromatic heterocycles. The summed E-state index contributed by atoms with van der Waals surface area (Å²) in [6, 6.07) is 18.1. The predicted octanol–water partition coefficient (Wildman–Crippen LogP) is 5.62. The van der Waals surface area contributed by atoms with Gasteiger partial charge in [-0.15, -0.1) is 0 Å². The van der Waals surface area contributed by atoms with Crippen LogP contribution in [0.1, 0.15) is 72.9 Å². The second-order valence-corrected chi connectivity index (χ2v) is 10.0. The number of para-hydroxylation sites is 1. The van der Waals surface area contributed by atoms with Crippen LogP contribution in [0.5, 0.6) is 0 Å². The molecule has 2 fully saturated rings. The molecule has 5 rings (SSSR count). The molecule has 35 heavy (non-hydrogen) atoms. The minimum atomic E-state index is -0.131. The maximum absolute atomic E-state index is 13.1. The lowest BCUT2D eigenvalue weighted by atomic mass is 9.94. The van der Waals surface area contributed by atoms with Crippen LogP contribution in [0.15, 0.2) is 60.8 Å². The van der Waals surface area contributed by atoms with Gasteiger partial charge in [-0.25, -0.2) is 0 Å². The largest absolute Gasteiger partial charge is 0.352 e. The third kappa shape index (κ3) is 4.82. The van der Waals surface area contributed by atoms with Gasteiger partial charge < -0.3 is 20.1 Å². The molecule has 182 valence electrons. The molecule has 3 aromatic rings. The standard InChI is InChI=1S/C28H33N5OS/c1-19-17-23(20(2)33(19)22-13-7-4-8-14-22)27-26(24-15-9-10-16-29-24)31-28(35)32(27)18-25(34)30-21-11-5-3-6-12-21/h3,5-6,9-12,15-17,22,26-27H,4,7-8,13-14,18H2,1-2H3,(H,30,34)(H,31,35). The van der Waals surface area contributed by atoms with Crippen LogP contribution in [0.25, 0.3) is 0 Å². The average Bonchev–Trinajstić information content (AvgIpc) is 3.35. The first-order valence-electron chi connectivity index (χ1n) is 12.5. The van der Waals surface area contributed by atoms with E-state index in [0.29, 0.717) is 11.2 Å². The van der Waals surface area contributed by atoms with Gasteiger partial charge in [0, 0.05) is 29.3 Å². The van der Waals surface area contributed by atoms with E-state index >= 15 is 0 Å². The molecular formula is C28H33N5OS. The van der Waals surface area contributed by atoms with Crippen LogP contribution in [-0.2, 0) is 4.79 Å². The van der Waals surface area contributed by atoms with Gasteiger partial charge in [0.25, 0.3) is 0 Å². The number of anilines is 1. The fourth-order valence-electron chi connectivity index (χ4n) is 5.79. The van der Waals surface area contributed by atoms with Gasteiger partial charge >= 0.3 is 0 Å². The SMILES string of the molecule is Cc1cc(C2C(c3ccccn3)NC(=S)N2CC(=O)Nc2ccccc2)c(C)n1C1CCCCC1. The number of rotatable bonds is 6. The fraction of sp³-hybridized carbons (Fsp3) is 0.393. The van der Waals surface area contributed by atoms with Gasteiger partial charge in [0.2, 0.25) is 5.91 Å². The molecule has 1 saturated heterocycles. The highest BCUT2D eigenvalue weighted by Crippen LogP contribution is 2.42. The van der Waals surface area contributed by atoms with E-state index in [1.54, 1.807) is 0 Å². The summed E-state index contributed by atoms with van der Waals surface area (Å²) < 4.78 is 2.52. The highest BCUT2D eigenvalue weighted by molar-refractivity contribution is 7.80. The number of benzene rings is 1. The summed E-state index contributed by atoms with van der Waals surface area (Å²) >= 11 is 5.79. The molecule has 0 radical (unpaired) electrons. The number of carbonyl (C=O) groups is 1. The van der Waals surface area contributed by atoms with Crippen molar-refractivity contribution in [1.82, 2.24) is 19.8 Å². The Balaban J connectivity index is 1.49.